The number of fused-ring (bicyclic) bond motifs is 1. The Hall–Kier alpha value is -3.61. The minimum atomic E-state index is -0.0727. The van der Waals surface area contributed by atoms with Gasteiger partial charge in [-0.1, -0.05) is 6.07 Å². The number of benzene rings is 1. The van der Waals surface area contributed by atoms with E-state index in [1.165, 1.54) is 0 Å². The van der Waals surface area contributed by atoms with Crippen molar-refractivity contribution in [3.63, 3.8) is 0 Å². The van der Waals surface area contributed by atoms with E-state index in [-0.39, 0.29) is 5.91 Å². The van der Waals surface area contributed by atoms with E-state index < -0.39 is 0 Å². The second-order valence-electron chi connectivity index (χ2n) is 5.80. The van der Waals surface area contributed by atoms with Crippen LogP contribution in [0.3, 0.4) is 0 Å². The van der Waals surface area contributed by atoms with Crippen molar-refractivity contribution in [3.8, 4) is 5.69 Å². The molecule has 0 saturated carbocycles. The molecule has 1 amide bonds. The van der Waals surface area contributed by atoms with Crippen molar-refractivity contribution >= 4 is 16.8 Å². The van der Waals surface area contributed by atoms with Crippen LogP contribution < -0.4 is 5.32 Å². The summed E-state index contributed by atoms with van der Waals surface area (Å²) in [7, 11) is 0. The Morgan fingerprint density at radius 2 is 1.96 bits per heavy atom. The quantitative estimate of drug-likeness (QED) is 0.599. The molecule has 4 rings (SSSR count). The predicted molar refractivity (Wildman–Crippen MR) is 96.4 cm³/mol. The molecule has 26 heavy (non-hydrogen) atoms. The molecule has 0 radical (unpaired) electrons. The summed E-state index contributed by atoms with van der Waals surface area (Å²) < 4.78 is 1.79. The van der Waals surface area contributed by atoms with E-state index in [1.807, 2.05) is 36.5 Å². The maximum Gasteiger partial charge on any atom is 0.224 e. The number of amides is 1. The van der Waals surface area contributed by atoms with Gasteiger partial charge in [-0.25, -0.2) is 14.6 Å². The summed E-state index contributed by atoms with van der Waals surface area (Å²) in [6, 6.07) is 11.4. The van der Waals surface area contributed by atoms with Crippen molar-refractivity contribution in [3.05, 3.63) is 78.8 Å². The molecule has 1 N–H and O–H groups in total. The summed E-state index contributed by atoms with van der Waals surface area (Å²) in [6.45, 7) is 0.320. The third-order valence-electron chi connectivity index (χ3n) is 3.91. The number of nitrogens with zero attached hydrogens (tertiary/aromatic N) is 5. The lowest BCUT2D eigenvalue weighted by Crippen LogP contribution is -2.25. The molecule has 3 aromatic heterocycles. The first-order valence-corrected chi connectivity index (χ1v) is 8.19. The molecule has 0 aliphatic heterocycles. The molecule has 1 aromatic carbocycles. The molecule has 0 saturated heterocycles. The van der Waals surface area contributed by atoms with Gasteiger partial charge in [-0.15, -0.1) is 0 Å². The number of nitrogens with one attached hydrogen (secondary N) is 1. The summed E-state index contributed by atoms with van der Waals surface area (Å²) in [5, 5.41) is 8.35. The lowest BCUT2D eigenvalue weighted by atomic mass is 10.1. The van der Waals surface area contributed by atoms with Gasteiger partial charge >= 0.3 is 0 Å². The molecule has 4 aromatic rings. The zero-order chi connectivity index (χ0) is 17.8. The number of aromatic nitrogens is 5. The molecule has 3 heterocycles. The standard InChI is InChI=1S/C19H16N6O/c26-19(23-12-18-21-7-2-8-22-18)10-14-4-5-17-15(9-14)13-25(24-17)16-3-1-6-20-11-16/h1-9,11,13H,10,12H2,(H,23,26). The van der Waals surface area contributed by atoms with Crippen LogP contribution >= 0.6 is 0 Å². The molecule has 0 aliphatic carbocycles. The summed E-state index contributed by atoms with van der Waals surface area (Å²) in [5.74, 6) is 0.519. The van der Waals surface area contributed by atoms with E-state index in [0.717, 1.165) is 22.2 Å². The van der Waals surface area contributed by atoms with Crippen LogP contribution in [0.4, 0.5) is 0 Å². The highest BCUT2D eigenvalue weighted by Crippen LogP contribution is 2.17. The SMILES string of the molecule is O=C(Cc1ccc2nn(-c3cccnc3)cc2c1)NCc1ncccn1. The second-order valence-corrected chi connectivity index (χ2v) is 5.80. The smallest absolute Gasteiger partial charge is 0.224 e. The van der Waals surface area contributed by atoms with Crippen LogP contribution in [0.25, 0.3) is 16.6 Å². The van der Waals surface area contributed by atoms with E-state index in [1.54, 1.807) is 35.5 Å². The van der Waals surface area contributed by atoms with Crippen molar-refractivity contribution in [2.24, 2.45) is 0 Å². The first-order valence-electron chi connectivity index (χ1n) is 8.19. The Morgan fingerprint density at radius 1 is 1.08 bits per heavy atom. The van der Waals surface area contributed by atoms with Gasteiger partial charge in [0, 0.05) is 30.2 Å². The van der Waals surface area contributed by atoms with Crippen molar-refractivity contribution in [2.75, 3.05) is 0 Å². The lowest BCUT2D eigenvalue weighted by Gasteiger charge is -2.04. The largest absolute Gasteiger partial charge is 0.349 e. The fourth-order valence-electron chi connectivity index (χ4n) is 2.65. The first-order chi connectivity index (χ1) is 12.8. The predicted octanol–water partition coefficient (Wildman–Crippen LogP) is 2.07. The number of pyridine rings is 1. The fraction of sp³-hybridized carbons (Fsp3) is 0.105. The normalized spacial score (nSPS) is 10.8. The van der Waals surface area contributed by atoms with Crippen molar-refractivity contribution in [2.45, 2.75) is 13.0 Å². The molecular weight excluding hydrogens is 328 g/mol. The van der Waals surface area contributed by atoms with Crippen LogP contribution in [0.15, 0.2) is 67.4 Å². The molecule has 0 unspecified atom stereocenters. The van der Waals surface area contributed by atoms with E-state index in [0.29, 0.717) is 18.8 Å². The Labute approximate surface area is 149 Å². The van der Waals surface area contributed by atoms with Gasteiger partial charge < -0.3 is 5.32 Å². The van der Waals surface area contributed by atoms with Gasteiger partial charge in [0.15, 0.2) is 0 Å². The van der Waals surface area contributed by atoms with Crippen LogP contribution in [0, 0.1) is 0 Å². The summed E-state index contributed by atoms with van der Waals surface area (Å²) in [6.07, 6.45) is 9.02. The highest BCUT2D eigenvalue weighted by atomic mass is 16.1. The van der Waals surface area contributed by atoms with Gasteiger partial charge in [-0.2, -0.15) is 5.10 Å². The Bertz CT molecular complexity index is 1030. The van der Waals surface area contributed by atoms with E-state index in [9.17, 15) is 4.79 Å². The highest BCUT2D eigenvalue weighted by Gasteiger charge is 2.08. The highest BCUT2D eigenvalue weighted by molar-refractivity contribution is 5.83. The monoisotopic (exact) mass is 344 g/mol. The zero-order valence-electron chi connectivity index (χ0n) is 13.9. The minimum Gasteiger partial charge on any atom is -0.349 e. The average Bonchev–Trinajstić information content (AvgIpc) is 3.11. The van der Waals surface area contributed by atoms with Gasteiger partial charge in [0.1, 0.15) is 5.82 Å². The molecule has 0 atom stereocenters. The topological polar surface area (TPSA) is 85.6 Å². The number of carbonyl (C=O) groups excluding carboxylic acids is 1. The molecule has 128 valence electrons. The lowest BCUT2D eigenvalue weighted by molar-refractivity contribution is -0.120. The summed E-state index contributed by atoms with van der Waals surface area (Å²) in [5.41, 5.74) is 2.69. The molecule has 0 bridgehead atoms. The molecule has 0 fully saturated rings. The van der Waals surface area contributed by atoms with Crippen LogP contribution in [-0.4, -0.2) is 30.6 Å². The van der Waals surface area contributed by atoms with E-state index in [4.69, 9.17) is 0 Å². The van der Waals surface area contributed by atoms with E-state index in [2.05, 4.69) is 25.4 Å². The summed E-state index contributed by atoms with van der Waals surface area (Å²) >= 11 is 0. The third kappa shape index (κ3) is 3.56. The fourth-order valence-corrected chi connectivity index (χ4v) is 2.65. The second kappa shape index (κ2) is 7.10. The molecular formula is C19H16N6O. The van der Waals surface area contributed by atoms with Crippen LogP contribution in [0.1, 0.15) is 11.4 Å². The molecule has 7 nitrogen and oxygen atoms in total. The van der Waals surface area contributed by atoms with Gasteiger partial charge in [-0.3, -0.25) is 9.78 Å². The average molecular weight is 344 g/mol. The van der Waals surface area contributed by atoms with Crippen LogP contribution in [-0.2, 0) is 17.8 Å². The van der Waals surface area contributed by atoms with Crippen molar-refractivity contribution < 1.29 is 4.79 Å². The Balaban J connectivity index is 1.46. The van der Waals surface area contributed by atoms with Crippen LogP contribution in [0.2, 0.25) is 0 Å². The third-order valence-corrected chi connectivity index (χ3v) is 3.91. The first kappa shape index (κ1) is 15.9. The Morgan fingerprint density at radius 3 is 2.77 bits per heavy atom. The van der Waals surface area contributed by atoms with Crippen LogP contribution in [0.5, 0.6) is 0 Å². The number of rotatable bonds is 5. The zero-order valence-corrected chi connectivity index (χ0v) is 13.9. The van der Waals surface area contributed by atoms with E-state index >= 15 is 0 Å². The number of carbonyl (C=O) groups is 1. The van der Waals surface area contributed by atoms with Gasteiger partial charge in [-0.05, 0) is 35.9 Å². The molecule has 0 aliphatic rings. The number of hydrogen-bond acceptors (Lipinski definition) is 5. The number of hydrogen-bond donors (Lipinski definition) is 1. The van der Waals surface area contributed by atoms with Crippen molar-refractivity contribution in [1.29, 1.82) is 0 Å². The van der Waals surface area contributed by atoms with Gasteiger partial charge in [0.2, 0.25) is 5.91 Å². The molecule has 0 spiro atoms. The maximum atomic E-state index is 12.2. The maximum absolute atomic E-state index is 12.2. The summed E-state index contributed by atoms with van der Waals surface area (Å²) in [4.78, 5) is 24.4. The Kier molecular flexibility index (Phi) is 4.34. The van der Waals surface area contributed by atoms with Gasteiger partial charge in [0.25, 0.3) is 0 Å². The minimum absolute atomic E-state index is 0.0727. The molecule has 7 heteroatoms. The van der Waals surface area contributed by atoms with Crippen molar-refractivity contribution in [1.82, 2.24) is 30.0 Å². The van der Waals surface area contributed by atoms with Gasteiger partial charge in [0.05, 0.1) is 30.4 Å².